The molecule has 0 aromatic heterocycles. The van der Waals surface area contributed by atoms with Gasteiger partial charge in [0.15, 0.2) is 0 Å². The highest BCUT2D eigenvalue weighted by molar-refractivity contribution is 5.36. The Morgan fingerprint density at radius 2 is 1.71 bits per heavy atom. The molecule has 120 valence electrons. The number of rotatable bonds is 12. The van der Waals surface area contributed by atoms with Crippen LogP contribution in [0.3, 0.4) is 0 Å². The average molecular weight is 293 g/mol. The lowest BCUT2D eigenvalue weighted by Gasteiger charge is -2.22. The maximum absolute atomic E-state index is 5.89. The summed E-state index contributed by atoms with van der Waals surface area (Å²) < 4.78 is 11.5. The summed E-state index contributed by atoms with van der Waals surface area (Å²) in [6.07, 6.45) is 4.21. The minimum absolute atomic E-state index is 0.301. The summed E-state index contributed by atoms with van der Waals surface area (Å²) >= 11 is 0. The fraction of sp³-hybridized carbons (Fsp3) is 0.667. The van der Waals surface area contributed by atoms with E-state index in [0.29, 0.717) is 6.04 Å². The van der Waals surface area contributed by atoms with Gasteiger partial charge >= 0.3 is 0 Å². The van der Waals surface area contributed by atoms with Crippen LogP contribution in [-0.4, -0.2) is 26.4 Å². The largest absolute Gasteiger partial charge is 0.493 e. The second kappa shape index (κ2) is 11.6. The molecule has 1 atom stereocenters. The standard InChI is InChI=1S/C18H31NO2/c1-4-12-19-17(11-15-20-13-5-2)16-9-7-8-10-18(16)21-14-6-3/h7-10,17,19H,4-6,11-15H2,1-3H3. The van der Waals surface area contributed by atoms with E-state index in [2.05, 4.69) is 44.3 Å². The summed E-state index contributed by atoms with van der Waals surface area (Å²) in [4.78, 5) is 0. The Bertz CT molecular complexity index is 368. The third kappa shape index (κ3) is 6.96. The Kier molecular flexibility index (Phi) is 9.92. The number of nitrogens with one attached hydrogen (secondary N) is 1. The number of benzene rings is 1. The highest BCUT2D eigenvalue weighted by Crippen LogP contribution is 2.27. The molecule has 0 heterocycles. The van der Waals surface area contributed by atoms with Gasteiger partial charge in [0, 0.05) is 24.8 Å². The van der Waals surface area contributed by atoms with E-state index in [9.17, 15) is 0 Å². The van der Waals surface area contributed by atoms with Crippen LogP contribution < -0.4 is 10.1 Å². The Morgan fingerprint density at radius 1 is 0.952 bits per heavy atom. The lowest BCUT2D eigenvalue weighted by molar-refractivity contribution is 0.124. The molecular weight excluding hydrogens is 262 g/mol. The zero-order chi connectivity index (χ0) is 15.3. The summed E-state index contributed by atoms with van der Waals surface area (Å²) in [5.74, 6) is 1.00. The number of ether oxygens (including phenoxy) is 2. The van der Waals surface area contributed by atoms with Crippen molar-refractivity contribution in [2.45, 2.75) is 52.5 Å². The van der Waals surface area contributed by atoms with Crippen molar-refractivity contribution in [1.29, 1.82) is 0 Å². The number of hydrogen-bond donors (Lipinski definition) is 1. The van der Waals surface area contributed by atoms with Crippen LogP contribution in [-0.2, 0) is 4.74 Å². The first-order valence-corrected chi connectivity index (χ1v) is 8.36. The minimum Gasteiger partial charge on any atom is -0.493 e. The van der Waals surface area contributed by atoms with Crippen molar-refractivity contribution in [2.75, 3.05) is 26.4 Å². The Labute approximate surface area is 130 Å². The van der Waals surface area contributed by atoms with Crippen molar-refractivity contribution < 1.29 is 9.47 Å². The highest BCUT2D eigenvalue weighted by Gasteiger charge is 2.15. The number of hydrogen-bond acceptors (Lipinski definition) is 3. The van der Waals surface area contributed by atoms with E-state index in [0.717, 1.165) is 57.8 Å². The molecule has 0 bridgehead atoms. The third-order valence-electron chi connectivity index (χ3n) is 3.30. The van der Waals surface area contributed by atoms with Gasteiger partial charge in [-0.15, -0.1) is 0 Å². The monoisotopic (exact) mass is 293 g/mol. The molecule has 1 aromatic carbocycles. The van der Waals surface area contributed by atoms with Gasteiger partial charge in [-0.1, -0.05) is 39.0 Å². The molecule has 0 saturated carbocycles. The molecule has 1 N–H and O–H groups in total. The van der Waals surface area contributed by atoms with E-state index in [1.54, 1.807) is 0 Å². The van der Waals surface area contributed by atoms with Gasteiger partial charge in [-0.25, -0.2) is 0 Å². The highest BCUT2D eigenvalue weighted by atomic mass is 16.5. The van der Waals surface area contributed by atoms with Crippen LogP contribution >= 0.6 is 0 Å². The van der Waals surface area contributed by atoms with E-state index < -0.39 is 0 Å². The molecule has 0 aliphatic carbocycles. The number of para-hydroxylation sites is 1. The Balaban J connectivity index is 2.70. The molecule has 0 aliphatic rings. The van der Waals surface area contributed by atoms with E-state index in [4.69, 9.17) is 9.47 Å². The molecule has 0 radical (unpaired) electrons. The first-order valence-electron chi connectivity index (χ1n) is 8.36. The van der Waals surface area contributed by atoms with Crippen LogP contribution in [0.15, 0.2) is 24.3 Å². The van der Waals surface area contributed by atoms with Gasteiger partial charge in [0.1, 0.15) is 5.75 Å². The quantitative estimate of drug-likeness (QED) is 0.582. The minimum atomic E-state index is 0.301. The normalized spacial score (nSPS) is 12.3. The smallest absolute Gasteiger partial charge is 0.124 e. The van der Waals surface area contributed by atoms with Gasteiger partial charge in [-0.3, -0.25) is 0 Å². The van der Waals surface area contributed by atoms with Crippen LogP contribution in [0.1, 0.15) is 58.1 Å². The van der Waals surface area contributed by atoms with Crippen molar-refractivity contribution in [1.82, 2.24) is 5.32 Å². The topological polar surface area (TPSA) is 30.5 Å². The predicted octanol–water partition coefficient (Wildman–Crippen LogP) is 4.33. The first kappa shape index (κ1) is 18.0. The van der Waals surface area contributed by atoms with Crippen LogP contribution in [0.5, 0.6) is 5.75 Å². The molecule has 0 saturated heterocycles. The summed E-state index contributed by atoms with van der Waals surface area (Å²) in [5.41, 5.74) is 1.25. The van der Waals surface area contributed by atoms with Gasteiger partial charge in [0.2, 0.25) is 0 Å². The maximum atomic E-state index is 5.89. The molecule has 1 rings (SSSR count). The lowest BCUT2D eigenvalue weighted by Crippen LogP contribution is -2.24. The molecule has 21 heavy (non-hydrogen) atoms. The maximum Gasteiger partial charge on any atom is 0.124 e. The van der Waals surface area contributed by atoms with Gasteiger partial charge in [0.25, 0.3) is 0 Å². The van der Waals surface area contributed by atoms with E-state index >= 15 is 0 Å². The van der Waals surface area contributed by atoms with Gasteiger partial charge in [0.05, 0.1) is 6.61 Å². The molecule has 0 spiro atoms. The summed E-state index contributed by atoms with van der Waals surface area (Å²) in [6.45, 7) is 9.88. The second-order valence-electron chi connectivity index (χ2n) is 5.29. The SMILES string of the molecule is CCCNC(CCOCCC)c1ccccc1OCCC. The van der Waals surface area contributed by atoms with Crippen LogP contribution in [0.4, 0.5) is 0 Å². The molecule has 3 heteroatoms. The Morgan fingerprint density at radius 3 is 2.43 bits per heavy atom. The zero-order valence-electron chi connectivity index (χ0n) is 13.9. The predicted molar refractivity (Wildman–Crippen MR) is 89.0 cm³/mol. The first-order chi connectivity index (χ1) is 10.3. The van der Waals surface area contributed by atoms with Crippen molar-refractivity contribution in [2.24, 2.45) is 0 Å². The van der Waals surface area contributed by atoms with Gasteiger partial charge in [-0.05, 0) is 38.3 Å². The van der Waals surface area contributed by atoms with Crippen molar-refractivity contribution in [3.05, 3.63) is 29.8 Å². The van der Waals surface area contributed by atoms with Crippen LogP contribution in [0.25, 0.3) is 0 Å². The molecule has 0 aliphatic heterocycles. The average Bonchev–Trinajstić information content (AvgIpc) is 2.53. The fourth-order valence-electron chi connectivity index (χ4n) is 2.25. The van der Waals surface area contributed by atoms with E-state index in [1.165, 1.54) is 5.56 Å². The molecule has 0 amide bonds. The third-order valence-corrected chi connectivity index (χ3v) is 3.30. The summed E-state index contributed by atoms with van der Waals surface area (Å²) in [6, 6.07) is 8.66. The lowest BCUT2D eigenvalue weighted by atomic mass is 10.0. The fourth-order valence-corrected chi connectivity index (χ4v) is 2.25. The van der Waals surface area contributed by atoms with Gasteiger partial charge in [-0.2, -0.15) is 0 Å². The van der Waals surface area contributed by atoms with Crippen molar-refractivity contribution in [3.8, 4) is 5.75 Å². The van der Waals surface area contributed by atoms with Crippen molar-refractivity contribution >= 4 is 0 Å². The summed E-state index contributed by atoms with van der Waals surface area (Å²) in [5, 5.41) is 3.62. The van der Waals surface area contributed by atoms with Crippen LogP contribution in [0, 0.1) is 0 Å². The second-order valence-corrected chi connectivity index (χ2v) is 5.29. The zero-order valence-corrected chi connectivity index (χ0v) is 13.9. The van der Waals surface area contributed by atoms with Crippen LogP contribution in [0.2, 0.25) is 0 Å². The molecule has 0 fully saturated rings. The van der Waals surface area contributed by atoms with E-state index in [-0.39, 0.29) is 0 Å². The van der Waals surface area contributed by atoms with Crippen molar-refractivity contribution in [3.63, 3.8) is 0 Å². The molecular formula is C18H31NO2. The molecule has 1 aromatic rings. The Hall–Kier alpha value is -1.06. The van der Waals surface area contributed by atoms with E-state index in [1.807, 2.05) is 6.07 Å². The summed E-state index contributed by atoms with van der Waals surface area (Å²) in [7, 11) is 0. The molecule has 1 unspecified atom stereocenters. The van der Waals surface area contributed by atoms with Gasteiger partial charge < -0.3 is 14.8 Å². The molecule has 3 nitrogen and oxygen atoms in total.